The number of rotatable bonds is 6. The predicted octanol–water partition coefficient (Wildman–Crippen LogP) is 3.44. The van der Waals surface area contributed by atoms with Gasteiger partial charge in [0, 0.05) is 12.6 Å². The van der Waals surface area contributed by atoms with E-state index in [4.69, 9.17) is 0 Å². The lowest BCUT2D eigenvalue weighted by Crippen LogP contribution is -2.36. The van der Waals surface area contributed by atoms with Crippen LogP contribution < -0.4 is 0 Å². The fraction of sp³-hybridized carbons (Fsp3) is 0.588. The van der Waals surface area contributed by atoms with Crippen LogP contribution in [0.3, 0.4) is 0 Å². The topological polar surface area (TPSA) is 40.5 Å². The van der Waals surface area contributed by atoms with Gasteiger partial charge in [-0.3, -0.25) is 0 Å². The molecule has 0 bridgehead atoms. The molecule has 3 nitrogen and oxygen atoms in total. The van der Waals surface area contributed by atoms with Gasteiger partial charge < -0.3 is 10.0 Å². The minimum Gasteiger partial charge on any atom is -0.478 e. The van der Waals surface area contributed by atoms with Crippen molar-refractivity contribution in [3.8, 4) is 0 Å². The summed E-state index contributed by atoms with van der Waals surface area (Å²) < 4.78 is 0. The lowest BCUT2D eigenvalue weighted by molar-refractivity contribution is 0.0695. The van der Waals surface area contributed by atoms with Gasteiger partial charge >= 0.3 is 5.97 Å². The Morgan fingerprint density at radius 3 is 2.65 bits per heavy atom. The highest BCUT2D eigenvalue weighted by atomic mass is 16.4. The van der Waals surface area contributed by atoms with Gasteiger partial charge in [-0.1, -0.05) is 31.0 Å². The first-order valence-corrected chi connectivity index (χ1v) is 7.61. The second kappa shape index (κ2) is 6.89. The van der Waals surface area contributed by atoms with E-state index in [2.05, 4.69) is 18.9 Å². The summed E-state index contributed by atoms with van der Waals surface area (Å²) in [4.78, 5) is 13.6. The Labute approximate surface area is 121 Å². The molecule has 1 atom stereocenters. The SMILES string of the molecule is CC(C1CCCC1)N(C)CCc1ccccc1C(=O)O. The summed E-state index contributed by atoms with van der Waals surface area (Å²) in [5.41, 5.74) is 1.37. The van der Waals surface area contributed by atoms with E-state index in [-0.39, 0.29) is 0 Å². The summed E-state index contributed by atoms with van der Waals surface area (Å²) in [5.74, 6) is -0.0122. The van der Waals surface area contributed by atoms with E-state index in [1.807, 2.05) is 12.1 Å². The largest absolute Gasteiger partial charge is 0.478 e. The quantitative estimate of drug-likeness (QED) is 0.864. The summed E-state index contributed by atoms with van der Waals surface area (Å²) in [6.45, 7) is 3.22. The molecule has 1 unspecified atom stereocenters. The molecule has 1 saturated carbocycles. The Morgan fingerprint density at radius 2 is 2.00 bits per heavy atom. The van der Waals surface area contributed by atoms with Crippen LogP contribution in [0, 0.1) is 5.92 Å². The van der Waals surface area contributed by atoms with E-state index in [0.29, 0.717) is 11.6 Å². The van der Waals surface area contributed by atoms with Gasteiger partial charge in [-0.25, -0.2) is 4.79 Å². The average molecular weight is 275 g/mol. The number of hydrogen-bond donors (Lipinski definition) is 1. The van der Waals surface area contributed by atoms with E-state index in [1.165, 1.54) is 25.7 Å². The Bertz CT molecular complexity index is 452. The highest BCUT2D eigenvalue weighted by Crippen LogP contribution is 2.29. The van der Waals surface area contributed by atoms with Gasteiger partial charge in [-0.05, 0) is 50.8 Å². The Morgan fingerprint density at radius 1 is 1.35 bits per heavy atom. The molecule has 1 aliphatic carbocycles. The number of nitrogens with zero attached hydrogens (tertiary/aromatic N) is 1. The third-order valence-corrected chi connectivity index (χ3v) is 4.76. The number of carbonyl (C=O) groups is 1. The summed E-state index contributed by atoms with van der Waals surface area (Å²) in [5, 5.41) is 9.20. The van der Waals surface area contributed by atoms with Crippen molar-refractivity contribution in [2.45, 2.75) is 45.1 Å². The number of benzene rings is 1. The minimum atomic E-state index is -0.827. The van der Waals surface area contributed by atoms with Crippen molar-refractivity contribution in [3.63, 3.8) is 0 Å². The first-order chi connectivity index (χ1) is 9.59. The van der Waals surface area contributed by atoms with Crippen LogP contribution >= 0.6 is 0 Å². The number of carboxylic acid groups (broad SMARTS) is 1. The molecule has 0 radical (unpaired) electrons. The third kappa shape index (κ3) is 3.60. The molecule has 0 heterocycles. The normalized spacial score (nSPS) is 17.6. The molecular formula is C17H25NO2. The molecule has 1 aromatic rings. The van der Waals surface area contributed by atoms with Gasteiger partial charge in [0.1, 0.15) is 0 Å². The highest BCUT2D eigenvalue weighted by Gasteiger charge is 2.24. The maximum absolute atomic E-state index is 11.2. The van der Waals surface area contributed by atoms with E-state index < -0.39 is 5.97 Å². The molecular weight excluding hydrogens is 250 g/mol. The molecule has 0 amide bonds. The maximum atomic E-state index is 11.2. The monoisotopic (exact) mass is 275 g/mol. The second-order valence-corrected chi connectivity index (χ2v) is 5.98. The van der Waals surface area contributed by atoms with Crippen LogP contribution in [-0.4, -0.2) is 35.6 Å². The first-order valence-electron chi connectivity index (χ1n) is 7.61. The highest BCUT2D eigenvalue weighted by molar-refractivity contribution is 5.89. The Balaban J connectivity index is 1.92. The van der Waals surface area contributed by atoms with E-state index in [9.17, 15) is 9.90 Å². The fourth-order valence-electron chi connectivity index (χ4n) is 3.25. The summed E-state index contributed by atoms with van der Waals surface area (Å²) in [6.07, 6.45) is 6.22. The summed E-state index contributed by atoms with van der Waals surface area (Å²) in [7, 11) is 2.16. The smallest absolute Gasteiger partial charge is 0.335 e. The van der Waals surface area contributed by atoms with Crippen LogP contribution in [-0.2, 0) is 6.42 Å². The maximum Gasteiger partial charge on any atom is 0.335 e. The first kappa shape index (κ1) is 15.0. The molecule has 1 aromatic carbocycles. The Hall–Kier alpha value is -1.35. The lowest BCUT2D eigenvalue weighted by atomic mass is 9.98. The number of carboxylic acids is 1. The van der Waals surface area contributed by atoms with Crippen LogP contribution in [0.5, 0.6) is 0 Å². The summed E-state index contributed by atoms with van der Waals surface area (Å²) >= 11 is 0. The molecule has 20 heavy (non-hydrogen) atoms. The van der Waals surface area contributed by atoms with Crippen LogP contribution in [0.25, 0.3) is 0 Å². The van der Waals surface area contributed by atoms with Gasteiger partial charge in [0.2, 0.25) is 0 Å². The van der Waals surface area contributed by atoms with Crippen molar-refractivity contribution in [2.24, 2.45) is 5.92 Å². The van der Waals surface area contributed by atoms with E-state index in [1.54, 1.807) is 12.1 Å². The van der Waals surface area contributed by atoms with Crippen LogP contribution in [0.2, 0.25) is 0 Å². The molecule has 1 aliphatic rings. The summed E-state index contributed by atoms with van der Waals surface area (Å²) in [6, 6.07) is 7.92. The molecule has 0 aromatic heterocycles. The van der Waals surface area contributed by atoms with Crippen LogP contribution in [0.15, 0.2) is 24.3 Å². The number of aromatic carboxylic acids is 1. The van der Waals surface area contributed by atoms with Crippen molar-refractivity contribution < 1.29 is 9.90 Å². The van der Waals surface area contributed by atoms with Crippen molar-refractivity contribution >= 4 is 5.97 Å². The van der Waals surface area contributed by atoms with Crippen molar-refractivity contribution in [1.29, 1.82) is 0 Å². The number of hydrogen-bond acceptors (Lipinski definition) is 2. The van der Waals surface area contributed by atoms with Gasteiger partial charge in [0.25, 0.3) is 0 Å². The lowest BCUT2D eigenvalue weighted by Gasteiger charge is -2.29. The molecule has 110 valence electrons. The molecule has 0 spiro atoms. The average Bonchev–Trinajstić information content (AvgIpc) is 2.98. The van der Waals surface area contributed by atoms with Crippen molar-refractivity contribution in [3.05, 3.63) is 35.4 Å². The second-order valence-electron chi connectivity index (χ2n) is 5.98. The molecule has 1 fully saturated rings. The predicted molar refractivity (Wildman–Crippen MR) is 81.2 cm³/mol. The van der Waals surface area contributed by atoms with Crippen LogP contribution in [0.1, 0.15) is 48.5 Å². The zero-order valence-electron chi connectivity index (χ0n) is 12.5. The van der Waals surface area contributed by atoms with Gasteiger partial charge in [-0.2, -0.15) is 0 Å². The van der Waals surface area contributed by atoms with Gasteiger partial charge in [0.05, 0.1) is 5.56 Å². The standard InChI is InChI=1S/C17H25NO2/c1-13(14-7-3-4-8-14)18(2)12-11-15-9-5-6-10-16(15)17(19)20/h5-6,9-10,13-14H,3-4,7-8,11-12H2,1-2H3,(H,19,20). The molecule has 3 heteroatoms. The Kier molecular flexibility index (Phi) is 5.18. The molecule has 2 rings (SSSR count). The van der Waals surface area contributed by atoms with E-state index in [0.717, 1.165) is 24.4 Å². The zero-order valence-corrected chi connectivity index (χ0v) is 12.5. The van der Waals surface area contributed by atoms with Gasteiger partial charge in [-0.15, -0.1) is 0 Å². The van der Waals surface area contributed by atoms with E-state index >= 15 is 0 Å². The molecule has 0 saturated heterocycles. The zero-order chi connectivity index (χ0) is 14.5. The number of likely N-dealkylation sites (N-methyl/N-ethyl adjacent to an activating group) is 1. The molecule has 0 aliphatic heterocycles. The third-order valence-electron chi connectivity index (χ3n) is 4.76. The van der Waals surface area contributed by atoms with Crippen molar-refractivity contribution in [2.75, 3.05) is 13.6 Å². The van der Waals surface area contributed by atoms with Gasteiger partial charge in [0.15, 0.2) is 0 Å². The molecule has 1 N–H and O–H groups in total. The van der Waals surface area contributed by atoms with Crippen LogP contribution in [0.4, 0.5) is 0 Å². The fourth-order valence-corrected chi connectivity index (χ4v) is 3.25. The minimum absolute atomic E-state index is 0.439. The van der Waals surface area contributed by atoms with Crippen molar-refractivity contribution in [1.82, 2.24) is 4.90 Å².